The van der Waals surface area contributed by atoms with Gasteiger partial charge in [-0.05, 0) is 50.8 Å². The van der Waals surface area contributed by atoms with Gasteiger partial charge in [0.2, 0.25) is 0 Å². The van der Waals surface area contributed by atoms with Gasteiger partial charge in [0.25, 0.3) is 5.91 Å². The molecule has 0 aliphatic heterocycles. The topological polar surface area (TPSA) is 72.2 Å². The van der Waals surface area contributed by atoms with E-state index in [1.54, 1.807) is 22.0 Å². The minimum atomic E-state index is -0.108. The summed E-state index contributed by atoms with van der Waals surface area (Å²) < 4.78 is 2.87. The number of hydrogen-bond donors (Lipinski definition) is 1. The minimum absolute atomic E-state index is 0.108. The summed E-state index contributed by atoms with van der Waals surface area (Å²) in [4.78, 5) is 21.9. The van der Waals surface area contributed by atoms with Crippen LogP contribution in [0.25, 0.3) is 27.1 Å². The lowest BCUT2D eigenvalue weighted by atomic mass is 10.1. The SMILES string of the molecule is Cc1cc(-c2ccc3scnc3c2)nc2c(C(=O)NC(C)C3CC3)cnn12. The van der Waals surface area contributed by atoms with Crippen molar-refractivity contribution in [3.63, 3.8) is 0 Å². The lowest BCUT2D eigenvalue weighted by Gasteiger charge is -2.12. The molecule has 0 bridgehead atoms. The quantitative estimate of drug-likeness (QED) is 0.586. The Hall–Kier alpha value is -2.80. The zero-order valence-electron chi connectivity index (χ0n) is 15.1. The van der Waals surface area contributed by atoms with Gasteiger partial charge in [0.1, 0.15) is 5.56 Å². The molecule has 3 aromatic heterocycles. The molecule has 4 aromatic rings. The first-order chi connectivity index (χ1) is 13.1. The van der Waals surface area contributed by atoms with Crippen LogP contribution in [0, 0.1) is 12.8 Å². The number of amides is 1. The molecule has 1 fully saturated rings. The summed E-state index contributed by atoms with van der Waals surface area (Å²) in [6.07, 6.45) is 3.99. The van der Waals surface area contributed by atoms with Gasteiger partial charge in [-0.3, -0.25) is 4.79 Å². The van der Waals surface area contributed by atoms with E-state index in [1.807, 2.05) is 30.6 Å². The summed E-state index contributed by atoms with van der Waals surface area (Å²) in [5.41, 5.74) is 6.64. The normalized spacial score (nSPS) is 15.3. The van der Waals surface area contributed by atoms with Crippen molar-refractivity contribution in [2.45, 2.75) is 32.7 Å². The van der Waals surface area contributed by atoms with Crippen molar-refractivity contribution in [1.29, 1.82) is 0 Å². The van der Waals surface area contributed by atoms with Gasteiger partial charge >= 0.3 is 0 Å². The predicted molar refractivity (Wildman–Crippen MR) is 106 cm³/mol. The van der Waals surface area contributed by atoms with E-state index in [0.29, 0.717) is 17.1 Å². The number of nitrogens with zero attached hydrogens (tertiary/aromatic N) is 4. The lowest BCUT2D eigenvalue weighted by Crippen LogP contribution is -2.34. The average molecular weight is 377 g/mol. The van der Waals surface area contributed by atoms with Crippen molar-refractivity contribution < 1.29 is 4.79 Å². The summed E-state index contributed by atoms with van der Waals surface area (Å²) in [7, 11) is 0. The first-order valence-corrected chi connectivity index (χ1v) is 9.98. The van der Waals surface area contributed by atoms with Gasteiger partial charge in [0.15, 0.2) is 5.65 Å². The molecule has 27 heavy (non-hydrogen) atoms. The predicted octanol–water partition coefficient (Wildman–Crippen LogP) is 3.84. The zero-order valence-corrected chi connectivity index (χ0v) is 16.0. The van der Waals surface area contributed by atoms with E-state index in [9.17, 15) is 4.79 Å². The van der Waals surface area contributed by atoms with Crippen LogP contribution in [0.4, 0.5) is 0 Å². The van der Waals surface area contributed by atoms with Crippen LogP contribution in [0.3, 0.4) is 0 Å². The van der Waals surface area contributed by atoms with Crippen LogP contribution in [-0.4, -0.2) is 31.5 Å². The molecule has 6 nitrogen and oxygen atoms in total. The van der Waals surface area contributed by atoms with E-state index < -0.39 is 0 Å². The van der Waals surface area contributed by atoms with Crippen LogP contribution in [0.2, 0.25) is 0 Å². The highest BCUT2D eigenvalue weighted by Crippen LogP contribution is 2.32. The van der Waals surface area contributed by atoms with Gasteiger partial charge in [-0.2, -0.15) is 5.10 Å². The van der Waals surface area contributed by atoms with E-state index >= 15 is 0 Å². The fourth-order valence-electron chi connectivity index (χ4n) is 3.44. The number of benzene rings is 1. The number of hydrogen-bond acceptors (Lipinski definition) is 5. The molecule has 3 heterocycles. The number of carbonyl (C=O) groups excluding carboxylic acids is 1. The number of aromatic nitrogens is 4. The fourth-order valence-corrected chi connectivity index (χ4v) is 4.10. The zero-order chi connectivity index (χ0) is 18.5. The highest BCUT2D eigenvalue weighted by molar-refractivity contribution is 7.16. The van der Waals surface area contributed by atoms with E-state index in [2.05, 4.69) is 28.4 Å². The molecule has 1 aliphatic carbocycles. The van der Waals surface area contributed by atoms with Crippen molar-refractivity contribution in [3.8, 4) is 11.3 Å². The summed E-state index contributed by atoms with van der Waals surface area (Å²) in [5, 5.41) is 7.46. The fraction of sp³-hybridized carbons (Fsp3) is 0.300. The second-order valence-corrected chi connectivity index (χ2v) is 8.10. The Bertz CT molecular complexity index is 1170. The Morgan fingerprint density at radius 2 is 2.19 bits per heavy atom. The second-order valence-electron chi connectivity index (χ2n) is 7.21. The van der Waals surface area contributed by atoms with Crippen molar-refractivity contribution >= 4 is 33.1 Å². The van der Waals surface area contributed by atoms with Crippen molar-refractivity contribution in [2.75, 3.05) is 0 Å². The van der Waals surface area contributed by atoms with Crippen molar-refractivity contribution in [3.05, 3.63) is 47.2 Å². The molecule has 5 rings (SSSR count). The Morgan fingerprint density at radius 1 is 1.33 bits per heavy atom. The number of thiazole rings is 1. The average Bonchev–Trinajstić information content (AvgIpc) is 3.25. The number of aryl methyl sites for hydroxylation is 1. The van der Waals surface area contributed by atoms with Crippen LogP contribution in [0.15, 0.2) is 36.0 Å². The van der Waals surface area contributed by atoms with Gasteiger partial charge in [-0.25, -0.2) is 14.5 Å². The molecule has 0 saturated heterocycles. The van der Waals surface area contributed by atoms with E-state index in [-0.39, 0.29) is 11.9 Å². The van der Waals surface area contributed by atoms with Crippen molar-refractivity contribution in [2.24, 2.45) is 5.92 Å². The molecule has 0 radical (unpaired) electrons. The third-order valence-corrected chi connectivity index (χ3v) is 6.02. The maximum atomic E-state index is 12.7. The molecule has 1 saturated carbocycles. The molecule has 1 atom stereocenters. The Balaban J connectivity index is 1.57. The largest absolute Gasteiger partial charge is 0.349 e. The summed E-state index contributed by atoms with van der Waals surface area (Å²) >= 11 is 1.62. The Kier molecular flexibility index (Phi) is 3.72. The Labute approximate surface area is 160 Å². The monoisotopic (exact) mass is 377 g/mol. The van der Waals surface area contributed by atoms with E-state index in [1.165, 1.54) is 12.8 Å². The molecule has 136 valence electrons. The van der Waals surface area contributed by atoms with Crippen LogP contribution in [0.5, 0.6) is 0 Å². The standard InChI is InChI=1S/C20H19N5OS/c1-11-7-16(14-5-6-18-17(8-14)21-10-27-18)24-19-15(9-22-25(11)19)20(26)23-12(2)13-3-4-13/h5-10,12-13H,3-4H2,1-2H3,(H,23,26). The summed E-state index contributed by atoms with van der Waals surface area (Å²) in [5.74, 6) is 0.495. The van der Waals surface area contributed by atoms with Gasteiger partial charge in [-0.1, -0.05) is 6.07 Å². The van der Waals surface area contributed by atoms with Gasteiger partial charge in [0.05, 0.1) is 27.6 Å². The van der Waals surface area contributed by atoms with Gasteiger partial charge < -0.3 is 5.32 Å². The molecule has 1 amide bonds. The van der Waals surface area contributed by atoms with Crippen LogP contribution >= 0.6 is 11.3 Å². The molecule has 1 aliphatic rings. The molecule has 1 unspecified atom stereocenters. The first-order valence-electron chi connectivity index (χ1n) is 9.10. The highest BCUT2D eigenvalue weighted by Gasteiger charge is 2.30. The number of rotatable bonds is 4. The van der Waals surface area contributed by atoms with Crippen LogP contribution in [0.1, 0.15) is 35.8 Å². The number of fused-ring (bicyclic) bond motifs is 2. The van der Waals surface area contributed by atoms with E-state index in [0.717, 1.165) is 27.2 Å². The summed E-state index contributed by atoms with van der Waals surface area (Å²) in [6, 6.07) is 8.32. The summed E-state index contributed by atoms with van der Waals surface area (Å²) in [6.45, 7) is 4.04. The number of carbonyl (C=O) groups is 1. The smallest absolute Gasteiger partial charge is 0.256 e. The maximum Gasteiger partial charge on any atom is 0.256 e. The molecule has 0 spiro atoms. The van der Waals surface area contributed by atoms with Gasteiger partial charge in [-0.15, -0.1) is 11.3 Å². The number of nitrogens with one attached hydrogen (secondary N) is 1. The second kappa shape index (κ2) is 6.13. The first kappa shape index (κ1) is 16.4. The van der Waals surface area contributed by atoms with Crippen molar-refractivity contribution in [1.82, 2.24) is 24.9 Å². The molecule has 1 N–H and O–H groups in total. The van der Waals surface area contributed by atoms with E-state index in [4.69, 9.17) is 4.98 Å². The van der Waals surface area contributed by atoms with Crippen LogP contribution < -0.4 is 5.32 Å². The third-order valence-electron chi connectivity index (χ3n) is 5.21. The van der Waals surface area contributed by atoms with Gasteiger partial charge in [0, 0.05) is 17.3 Å². The van der Waals surface area contributed by atoms with Crippen LogP contribution in [-0.2, 0) is 0 Å². The maximum absolute atomic E-state index is 12.7. The Morgan fingerprint density at radius 3 is 3.00 bits per heavy atom. The molecule has 1 aromatic carbocycles. The highest BCUT2D eigenvalue weighted by atomic mass is 32.1. The third kappa shape index (κ3) is 2.88. The lowest BCUT2D eigenvalue weighted by molar-refractivity contribution is 0.0937. The molecule has 7 heteroatoms. The molecular weight excluding hydrogens is 358 g/mol. The minimum Gasteiger partial charge on any atom is -0.349 e. The molecular formula is C20H19N5OS.